The number of hydrogen-bond donors (Lipinski definition) is 2. The first kappa shape index (κ1) is 68.5. The summed E-state index contributed by atoms with van der Waals surface area (Å²) in [6.07, 6.45) is 76.9. The summed E-state index contributed by atoms with van der Waals surface area (Å²) in [6.45, 7) is 10.00. The van der Waals surface area contributed by atoms with Crippen molar-refractivity contribution in [3.05, 3.63) is 0 Å². The molecule has 0 spiro atoms. The van der Waals surface area contributed by atoms with Crippen LogP contribution in [-0.2, 0) is 4.79 Å². The highest BCUT2D eigenvalue weighted by Crippen LogP contribution is 2.38. The monoisotopic (exact) mass is 946 g/mol. The Morgan fingerprint density at radius 1 is 0.254 bits per heavy atom. The van der Waals surface area contributed by atoms with Crippen molar-refractivity contribution in [2.45, 2.75) is 394 Å². The fourth-order valence-electron chi connectivity index (χ4n) is 10.7. The first-order valence-corrected chi connectivity index (χ1v) is 32.0. The molecule has 0 fully saturated rings. The zero-order chi connectivity index (χ0) is 49.1. The largest absolute Gasteiger partial charge is 0.481 e. The molecular weight excluding hydrogens is 815 g/mol. The van der Waals surface area contributed by atoms with E-state index in [1.54, 1.807) is 0 Å². The Balaban J connectivity index is 0. The van der Waals surface area contributed by atoms with E-state index in [0.29, 0.717) is 0 Å². The van der Waals surface area contributed by atoms with Crippen molar-refractivity contribution >= 4 is 5.97 Å². The Morgan fingerprint density at radius 2 is 0.388 bits per heavy atom. The third kappa shape index (κ3) is 56.2. The minimum Gasteiger partial charge on any atom is -0.481 e. The van der Waals surface area contributed by atoms with Crippen LogP contribution in [-0.4, -0.2) is 17.6 Å². The molecule has 0 amide bonds. The van der Waals surface area contributed by atoms with Crippen LogP contribution in [0.5, 0.6) is 0 Å². The quantitative estimate of drug-likeness (QED) is 0.0597. The van der Waals surface area contributed by atoms with E-state index in [9.17, 15) is 9.90 Å². The second-order valence-electron chi connectivity index (χ2n) is 22.3. The number of carboxylic acid groups (broad SMARTS) is 1. The van der Waals surface area contributed by atoms with Gasteiger partial charge in [0.1, 0.15) is 0 Å². The third-order valence-corrected chi connectivity index (χ3v) is 15.5. The molecule has 0 bridgehead atoms. The average molecular weight is 947 g/mol. The highest BCUT2D eigenvalue weighted by atomic mass is 16.4. The molecular formula is C64H131NO2. The smallest absolute Gasteiger partial charge is 0.309 e. The minimum atomic E-state index is -0.476. The van der Waals surface area contributed by atoms with Crippen molar-refractivity contribution in [2.75, 3.05) is 6.54 Å². The van der Waals surface area contributed by atoms with Crippen molar-refractivity contribution in [1.29, 1.82) is 0 Å². The van der Waals surface area contributed by atoms with Crippen LogP contribution >= 0.6 is 0 Å². The summed E-state index contributed by atoms with van der Waals surface area (Å²) >= 11 is 0. The summed E-state index contributed by atoms with van der Waals surface area (Å²) < 4.78 is 0. The minimum absolute atomic E-state index is 0.470. The van der Waals surface area contributed by atoms with Crippen molar-refractivity contribution in [2.24, 2.45) is 11.1 Å². The van der Waals surface area contributed by atoms with Crippen LogP contribution in [0.15, 0.2) is 0 Å². The van der Waals surface area contributed by atoms with Gasteiger partial charge in [-0.15, -0.1) is 0 Å². The molecule has 3 N–H and O–H groups in total. The molecule has 0 saturated carbocycles. The van der Waals surface area contributed by atoms with Gasteiger partial charge in [0, 0.05) is 0 Å². The molecule has 0 aliphatic carbocycles. The molecule has 0 heterocycles. The number of unbranched alkanes of at least 4 members (excludes halogenated alkanes) is 50. The van der Waals surface area contributed by atoms with Gasteiger partial charge in [-0.05, 0) is 32.2 Å². The van der Waals surface area contributed by atoms with E-state index in [1.165, 1.54) is 327 Å². The van der Waals surface area contributed by atoms with Crippen molar-refractivity contribution in [3.8, 4) is 0 Å². The molecule has 3 heteroatoms. The van der Waals surface area contributed by atoms with Crippen molar-refractivity contribution in [3.63, 3.8) is 0 Å². The van der Waals surface area contributed by atoms with E-state index in [0.717, 1.165) is 45.1 Å². The summed E-state index contributed by atoms with van der Waals surface area (Å²) in [4.78, 5) is 13.0. The second kappa shape index (κ2) is 61.5. The standard InChI is InChI=1S/C57H114O2.C7H17N/c1-4-7-10-13-16-19-22-25-27-29-31-33-36-39-42-45-48-51-54-57(56(58)59,53-50-47-44-41-38-35-24-21-18-15-12-9-6-3)55-52-49-46-43-40-37-34-32-30-28-26-23-20-17-14-11-8-5-2;1-2-3-4-5-6-7-8/h4-55H2,1-3H3,(H,58,59);2-8H2,1H3. The Kier molecular flexibility index (Phi) is 62.9. The average Bonchev–Trinajstić information content (AvgIpc) is 3.33. The fraction of sp³-hybridized carbons (Fsp3) is 0.984. The SMILES string of the molecule is CCCCCCCCCCCCCCCCCCCCC(CCCCCCCCCCCCCCC)(CCCCCCCCCCCCCCCCCCCC)C(=O)O.CCCCCCCN. The van der Waals surface area contributed by atoms with Crippen LogP contribution in [0.25, 0.3) is 0 Å². The van der Waals surface area contributed by atoms with Gasteiger partial charge in [0.2, 0.25) is 0 Å². The molecule has 404 valence electrons. The fourth-order valence-corrected chi connectivity index (χ4v) is 10.7. The molecule has 0 aliphatic heterocycles. The van der Waals surface area contributed by atoms with Crippen molar-refractivity contribution in [1.82, 2.24) is 0 Å². The predicted octanol–water partition coefficient (Wildman–Crippen LogP) is 23.3. The maximum absolute atomic E-state index is 13.0. The highest BCUT2D eigenvalue weighted by Gasteiger charge is 2.36. The molecule has 0 rings (SSSR count). The number of carboxylic acids is 1. The normalized spacial score (nSPS) is 11.7. The lowest BCUT2D eigenvalue weighted by Gasteiger charge is -2.30. The van der Waals surface area contributed by atoms with E-state index >= 15 is 0 Å². The molecule has 0 aromatic rings. The maximum atomic E-state index is 13.0. The molecule has 0 saturated heterocycles. The van der Waals surface area contributed by atoms with Gasteiger partial charge in [-0.3, -0.25) is 4.79 Å². The Bertz CT molecular complexity index is 827. The van der Waals surface area contributed by atoms with Crippen LogP contribution in [0.1, 0.15) is 394 Å². The van der Waals surface area contributed by atoms with Gasteiger partial charge in [-0.25, -0.2) is 0 Å². The van der Waals surface area contributed by atoms with E-state index in [4.69, 9.17) is 5.73 Å². The zero-order valence-corrected chi connectivity index (χ0v) is 47.4. The Labute approximate surface area is 425 Å². The number of aliphatic carboxylic acids is 1. The van der Waals surface area contributed by atoms with Crippen LogP contribution < -0.4 is 5.73 Å². The van der Waals surface area contributed by atoms with Crippen molar-refractivity contribution < 1.29 is 9.90 Å². The molecule has 0 aromatic carbocycles. The van der Waals surface area contributed by atoms with Gasteiger partial charge in [-0.2, -0.15) is 0 Å². The lowest BCUT2D eigenvalue weighted by Crippen LogP contribution is -2.31. The van der Waals surface area contributed by atoms with E-state index in [-0.39, 0.29) is 0 Å². The highest BCUT2D eigenvalue weighted by molar-refractivity contribution is 5.74. The maximum Gasteiger partial charge on any atom is 0.309 e. The van der Waals surface area contributed by atoms with Crippen LogP contribution in [0.3, 0.4) is 0 Å². The summed E-state index contributed by atoms with van der Waals surface area (Å²) in [6, 6.07) is 0. The number of nitrogens with two attached hydrogens (primary N) is 1. The van der Waals surface area contributed by atoms with Gasteiger partial charge < -0.3 is 10.8 Å². The van der Waals surface area contributed by atoms with E-state index in [2.05, 4.69) is 27.7 Å². The number of rotatable bonds is 58. The predicted molar refractivity (Wildman–Crippen MR) is 305 cm³/mol. The topological polar surface area (TPSA) is 63.3 Å². The molecule has 0 unspecified atom stereocenters. The summed E-state index contributed by atoms with van der Waals surface area (Å²) in [5.41, 5.74) is 4.84. The summed E-state index contributed by atoms with van der Waals surface area (Å²) in [5, 5.41) is 10.7. The third-order valence-electron chi connectivity index (χ3n) is 15.5. The van der Waals surface area contributed by atoms with Gasteiger partial charge in [0.15, 0.2) is 0 Å². The van der Waals surface area contributed by atoms with Gasteiger partial charge >= 0.3 is 5.97 Å². The van der Waals surface area contributed by atoms with E-state index < -0.39 is 11.4 Å². The summed E-state index contributed by atoms with van der Waals surface area (Å²) in [5.74, 6) is -0.476. The molecule has 67 heavy (non-hydrogen) atoms. The second-order valence-corrected chi connectivity index (χ2v) is 22.3. The zero-order valence-electron chi connectivity index (χ0n) is 47.4. The Hall–Kier alpha value is -0.570. The lowest BCUT2D eigenvalue weighted by molar-refractivity contribution is -0.150. The molecule has 0 aromatic heterocycles. The summed E-state index contributed by atoms with van der Waals surface area (Å²) in [7, 11) is 0. The van der Waals surface area contributed by atoms with Crippen LogP contribution in [0, 0.1) is 5.41 Å². The van der Waals surface area contributed by atoms with Gasteiger partial charge in [-0.1, -0.05) is 368 Å². The molecule has 3 nitrogen and oxygen atoms in total. The van der Waals surface area contributed by atoms with Crippen LogP contribution in [0.2, 0.25) is 0 Å². The van der Waals surface area contributed by atoms with E-state index in [1.807, 2.05) is 0 Å². The first-order valence-electron chi connectivity index (χ1n) is 32.0. The van der Waals surface area contributed by atoms with Gasteiger partial charge in [0.05, 0.1) is 5.41 Å². The number of carbonyl (C=O) groups is 1. The molecule has 0 radical (unpaired) electrons. The van der Waals surface area contributed by atoms with Crippen LogP contribution in [0.4, 0.5) is 0 Å². The molecule has 0 atom stereocenters. The molecule has 0 aliphatic rings. The lowest BCUT2D eigenvalue weighted by atomic mass is 9.74. The Morgan fingerprint density at radius 3 is 0.522 bits per heavy atom. The van der Waals surface area contributed by atoms with Gasteiger partial charge in [0.25, 0.3) is 0 Å². The first-order chi connectivity index (χ1) is 33.0. The number of hydrogen-bond acceptors (Lipinski definition) is 2.